The highest BCUT2D eigenvalue weighted by Gasteiger charge is 2.42. The number of rotatable bonds is 6. The number of carboxylic acids is 1. The van der Waals surface area contributed by atoms with E-state index in [0.29, 0.717) is 6.54 Å². The van der Waals surface area contributed by atoms with Crippen molar-refractivity contribution in [1.29, 1.82) is 0 Å². The van der Waals surface area contributed by atoms with Crippen LogP contribution in [0.5, 0.6) is 0 Å². The van der Waals surface area contributed by atoms with Crippen LogP contribution in [0.1, 0.15) is 24.3 Å². The molecule has 1 aromatic rings. The molecule has 1 atom stereocenters. The van der Waals surface area contributed by atoms with E-state index >= 15 is 0 Å². The minimum Gasteiger partial charge on any atom is -0.481 e. The van der Waals surface area contributed by atoms with Crippen LogP contribution in [-0.2, 0) is 4.79 Å². The summed E-state index contributed by atoms with van der Waals surface area (Å²) < 4.78 is 0. The predicted octanol–water partition coefficient (Wildman–Crippen LogP) is 0.969. The topological polar surface area (TPSA) is 69.6 Å². The van der Waals surface area contributed by atoms with Gasteiger partial charge in [0.15, 0.2) is 0 Å². The fraction of sp³-hybridized carbons (Fsp3) is 0.462. The molecular weight excluding hydrogens is 218 g/mol. The van der Waals surface area contributed by atoms with E-state index in [0.717, 1.165) is 18.4 Å². The first-order valence-corrected chi connectivity index (χ1v) is 5.80. The summed E-state index contributed by atoms with van der Waals surface area (Å²) in [5, 5.41) is 21.6. The molecule has 1 unspecified atom stereocenters. The minimum absolute atomic E-state index is 0.0775. The zero-order valence-corrected chi connectivity index (χ0v) is 9.60. The van der Waals surface area contributed by atoms with Gasteiger partial charge >= 0.3 is 5.97 Å². The molecule has 2 rings (SSSR count). The van der Waals surface area contributed by atoms with Gasteiger partial charge in [-0.15, -0.1) is 0 Å². The van der Waals surface area contributed by atoms with Crippen LogP contribution in [0.25, 0.3) is 0 Å². The van der Waals surface area contributed by atoms with Crippen LogP contribution < -0.4 is 5.32 Å². The Labute approximate surface area is 100 Å². The first kappa shape index (κ1) is 12.1. The molecule has 17 heavy (non-hydrogen) atoms. The average Bonchev–Trinajstić information content (AvgIpc) is 3.11. The summed E-state index contributed by atoms with van der Waals surface area (Å²) in [4.78, 5) is 11.2. The number of carbonyl (C=O) groups is 1. The van der Waals surface area contributed by atoms with Crippen molar-refractivity contribution in [3.05, 3.63) is 35.9 Å². The molecule has 4 nitrogen and oxygen atoms in total. The maximum Gasteiger partial charge on any atom is 0.312 e. The second-order valence-electron chi connectivity index (χ2n) is 4.62. The summed E-state index contributed by atoms with van der Waals surface area (Å²) >= 11 is 0. The molecule has 0 spiro atoms. The summed E-state index contributed by atoms with van der Waals surface area (Å²) in [6, 6.07) is 9.18. The lowest BCUT2D eigenvalue weighted by Crippen LogP contribution is -2.39. The summed E-state index contributed by atoms with van der Waals surface area (Å²) in [5.74, 6) is -1.39. The third kappa shape index (κ3) is 2.84. The second kappa shape index (κ2) is 4.85. The van der Waals surface area contributed by atoms with Crippen molar-refractivity contribution >= 4 is 5.97 Å². The molecular formula is C13H17NO3. The molecule has 0 heterocycles. The van der Waals surface area contributed by atoms with Crippen molar-refractivity contribution in [1.82, 2.24) is 5.32 Å². The highest BCUT2D eigenvalue weighted by atomic mass is 16.4. The Morgan fingerprint density at radius 2 is 2.00 bits per heavy atom. The molecule has 1 fully saturated rings. The zero-order chi connectivity index (χ0) is 12.3. The van der Waals surface area contributed by atoms with Crippen LogP contribution in [0.2, 0.25) is 0 Å². The van der Waals surface area contributed by atoms with Crippen LogP contribution in [-0.4, -0.2) is 34.9 Å². The van der Waals surface area contributed by atoms with Crippen molar-refractivity contribution in [2.45, 2.75) is 24.3 Å². The SMILES string of the molecule is O=C(O)C(CNC1(CO)CC1)c1ccccc1. The molecule has 1 aromatic carbocycles. The third-order valence-electron chi connectivity index (χ3n) is 3.34. The maximum atomic E-state index is 11.2. The molecule has 0 aliphatic heterocycles. The monoisotopic (exact) mass is 235 g/mol. The van der Waals surface area contributed by atoms with E-state index in [2.05, 4.69) is 5.32 Å². The van der Waals surface area contributed by atoms with Crippen LogP contribution >= 0.6 is 0 Å². The van der Waals surface area contributed by atoms with E-state index in [9.17, 15) is 9.90 Å². The van der Waals surface area contributed by atoms with Crippen LogP contribution in [0.15, 0.2) is 30.3 Å². The number of aliphatic hydroxyl groups excluding tert-OH is 1. The lowest BCUT2D eigenvalue weighted by Gasteiger charge is -2.18. The smallest absolute Gasteiger partial charge is 0.312 e. The Hall–Kier alpha value is -1.39. The van der Waals surface area contributed by atoms with Gasteiger partial charge in [-0.2, -0.15) is 0 Å². The van der Waals surface area contributed by atoms with E-state index in [1.165, 1.54) is 0 Å². The molecule has 0 aromatic heterocycles. The van der Waals surface area contributed by atoms with E-state index < -0.39 is 11.9 Å². The number of aliphatic carboxylic acids is 1. The Morgan fingerprint density at radius 3 is 2.47 bits per heavy atom. The van der Waals surface area contributed by atoms with Gasteiger partial charge < -0.3 is 15.5 Å². The number of hydrogen-bond acceptors (Lipinski definition) is 3. The van der Waals surface area contributed by atoms with Gasteiger partial charge in [0.2, 0.25) is 0 Å². The molecule has 1 aliphatic rings. The van der Waals surface area contributed by atoms with Crippen molar-refractivity contribution in [2.24, 2.45) is 0 Å². The van der Waals surface area contributed by atoms with Gasteiger partial charge in [0.1, 0.15) is 0 Å². The first-order valence-electron chi connectivity index (χ1n) is 5.80. The molecule has 0 radical (unpaired) electrons. The number of carboxylic acid groups (broad SMARTS) is 1. The van der Waals surface area contributed by atoms with Crippen molar-refractivity contribution < 1.29 is 15.0 Å². The summed E-state index contributed by atoms with van der Waals surface area (Å²) in [5.41, 5.74) is 0.573. The fourth-order valence-corrected chi connectivity index (χ4v) is 1.89. The summed E-state index contributed by atoms with van der Waals surface area (Å²) in [6.07, 6.45) is 1.84. The Bertz CT molecular complexity index is 387. The molecule has 4 heteroatoms. The second-order valence-corrected chi connectivity index (χ2v) is 4.62. The largest absolute Gasteiger partial charge is 0.481 e. The van der Waals surface area contributed by atoms with Crippen molar-refractivity contribution in [3.8, 4) is 0 Å². The highest BCUT2D eigenvalue weighted by Crippen LogP contribution is 2.35. The molecule has 0 amide bonds. The highest BCUT2D eigenvalue weighted by molar-refractivity contribution is 5.76. The molecule has 1 saturated carbocycles. The van der Waals surface area contributed by atoms with Crippen molar-refractivity contribution in [3.63, 3.8) is 0 Å². The van der Waals surface area contributed by atoms with Crippen LogP contribution in [0.3, 0.4) is 0 Å². The van der Waals surface area contributed by atoms with E-state index in [1.807, 2.05) is 30.3 Å². The number of nitrogens with one attached hydrogen (secondary N) is 1. The molecule has 1 aliphatic carbocycles. The molecule has 92 valence electrons. The zero-order valence-electron chi connectivity index (χ0n) is 9.60. The predicted molar refractivity (Wildman–Crippen MR) is 63.9 cm³/mol. The lowest BCUT2D eigenvalue weighted by atomic mass is 9.99. The Kier molecular flexibility index (Phi) is 3.45. The maximum absolute atomic E-state index is 11.2. The summed E-state index contributed by atoms with van der Waals surface area (Å²) in [7, 11) is 0. The van der Waals surface area contributed by atoms with E-state index in [4.69, 9.17) is 5.11 Å². The van der Waals surface area contributed by atoms with Gasteiger partial charge in [0.25, 0.3) is 0 Å². The van der Waals surface area contributed by atoms with Crippen LogP contribution in [0.4, 0.5) is 0 Å². The van der Waals surface area contributed by atoms with Crippen molar-refractivity contribution in [2.75, 3.05) is 13.2 Å². The normalized spacial score (nSPS) is 18.6. The number of aliphatic hydroxyl groups is 1. The van der Waals surface area contributed by atoms with Gasteiger partial charge in [-0.1, -0.05) is 30.3 Å². The van der Waals surface area contributed by atoms with E-state index in [1.54, 1.807) is 0 Å². The average molecular weight is 235 g/mol. The van der Waals surface area contributed by atoms with Gasteiger partial charge in [-0.3, -0.25) is 4.79 Å². The van der Waals surface area contributed by atoms with Gasteiger partial charge in [-0.05, 0) is 18.4 Å². The number of hydrogen-bond donors (Lipinski definition) is 3. The van der Waals surface area contributed by atoms with Gasteiger partial charge in [-0.25, -0.2) is 0 Å². The Balaban J connectivity index is 2.01. The summed E-state index contributed by atoms with van der Waals surface area (Å²) in [6.45, 7) is 0.439. The molecule has 0 saturated heterocycles. The lowest BCUT2D eigenvalue weighted by molar-refractivity contribution is -0.138. The number of benzene rings is 1. The van der Waals surface area contributed by atoms with Gasteiger partial charge in [0, 0.05) is 12.1 Å². The first-order chi connectivity index (χ1) is 8.17. The molecule has 3 N–H and O–H groups in total. The fourth-order valence-electron chi connectivity index (χ4n) is 1.89. The van der Waals surface area contributed by atoms with E-state index in [-0.39, 0.29) is 12.1 Å². The standard InChI is InChI=1S/C13H17NO3/c15-9-13(6-7-13)14-8-11(12(16)17)10-4-2-1-3-5-10/h1-5,11,14-15H,6-9H2,(H,16,17). The minimum atomic E-state index is -0.836. The third-order valence-corrected chi connectivity index (χ3v) is 3.34. The van der Waals surface area contributed by atoms with Crippen LogP contribution in [0, 0.1) is 0 Å². The quantitative estimate of drug-likeness (QED) is 0.687. The van der Waals surface area contributed by atoms with Gasteiger partial charge in [0.05, 0.1) is 12.5 Å². The Morgan fingerprint density at radius 1 is 1.35 bits per heavy atom. The molecule has 0 bridgehead atoms.